The zero-order valence-corrected chi connectivity index (χ0v) is 17.9. The van der Waals surface area contributed by atoms with Crippen molar-refractivity contribution in [2.45, 2.75) is 33.1 Å². The molecule has 1 heterocycles. The summed E-state index contributed by atoms with van der Waals surface area (Å²) in [5.41, 5.74) is 1.97. The lowest BCUT2D eigenvalue weighted by atomic mass is 10.2. The molecule has 0 atom stereocenters. The summed E-state index contributed by atoms with van der Waals surface area (Å²) < 4.78 is 18.5. The van der Waals surface area contributed by atoms with Crippen molar-refractivity contribution in [3.05, 3.63) is 72.1 Å². The van der Waals surface area contributed by atoms with Crippen LogP contribution in [-0.2, 0) is 22.4 Å². The fraction of sp³-hybridized carbons (Fsp3) is 0.348. The molecule has 1 amide bonds. The molecule has 0 aliphatic rings. The van der Waals surface area contributed by atoms with E-state index in [9.17, 15) is 4.79 Å². The third-order valence-electron chi connectivity index (χ3n) is 4.44. The first-order valence-corrected chi connectivity index (χ1v) is 10.4. The van der Waals surface area contributed by atoms with E-state index in [-0.39, 0.29) is 11.6 Å². The smallest absolute Gasteiger partial charge is 0.277 e. The zero-order chi connectivity index (χ0) is 21.9. The van der Waals surface area contributed by atoms with Gasteiger partial charge in [0.15, 0.2) is 12.0 Å². The van der Waals surface area contributed by atoms with Gasteiger partial charge in [-0.1, -0.05) is 47.7 Å². The van der Waals surface area contributed by atoms with E-state index in [2.05, 4.69) is 27.8 Å². The average molecular weight is 425 g/mol. The highest BCUT2D eigenvalue weighted by atomic mass is 16.7. The van der Waals surface area contributed by atoms with Crippen molar-refractivity contribution in [1.29, 1.82) is 0 Å². The quantitative estimate of drug-likeness (QED) is 0.448. The van der Waals surface area contributed by atoms with Crippen molar-refractivity contribution < 1.29 is 19.0 Å². The maximum absolute atomic E-state index is 12.7. The number of carbonyl (C=O) groups excluding carboxylic acids is 1. The Morgan fingerprint density at radius 3 is 2.48 bits per heavy atom. The number of nitrogens with zero attached hydrogens (tertiary/aromatic N) is 3. The first kappa shape index (κ1) is 22.5. The molecule has 1 aromatic heterocycles. The molecule has 0 unspecified atom stereocenters. The van der Waals surface area contributed by atoms with E-state index in [1.807, 2.05) is 50.2 Å². The number of carbonyl (C=O) groups is 1. The molecule has 0 spiro atoms. The summed E-state index contributed by atoms with van der Waals surface area (Å²) in [5.74, 6) is 0.238. The second kappa shape index (κ2) is 11.8. The summed E-state index contributed by atoms with van der Waals surface area (Å²) in [4.78, 5) is 12.7. The van der Waals surface area contributed by atoms with Crippen LogP contribution >= 0.6 is 0 Å². The number of amides is 1. The first-order valence-electron chi connectivity index (χ1n) is 10.4. The number of hydrogen-bond acceptors (Lipinski definition) is 6. The van der Waals surface area contributed by atoms with Crippen LogP contribution in [0.3, 0.4) is 0 Å². The van der Waals surface area contributed by atoms with Crippen molar-refractivity contribution in [3.63, 3.8) is 0 Å². The van der Waals surface area contributed by atoms with Gasteiger partial charge in [0.25, 0.3) is 5.91 Å². The van der Waals surface area contributed by atoms with E-state index in [0.717, 1.165) is 6.42 Å². The fourth-order valence-electron chi connectivity index (χ4n) is 2.98. The number of rotatable bonds is 12. The number of nitrogens with one attached hydrogen (secondary N) is 1. The van der Waals surface area contributed by atoms with E-state index in [1.165, 1.54) is 10.2 Å². The molecule has 1 N–H and O–H groups in total. The minimum atomic E-state index is -0.439. The van der Waals surface area contributed by atoms with Crippen LogP contribution in [0.4, 0.5) is 5.69 Å². The minimum absolute atomic E-state index is 0.200. The van der Waals surface area contributed by atoms with Gasteiger partial charge in [0.2, 0.25) is 0 Å². The highest BCUT2D eigenvalue weighted by Gasteiger charge is 2.16. The van der Waals surface area contributed by atoms with Gasteiger partial charge in [-0.15, -0.1) is 5.10 Å². The number of aromatic nitrogens is 3. The molecule has 8 heteroatoms. The van der Waals surface area contributed by atoms with Gasteiger partial charge in [0.1, 0.15) is 5.75 Å². The van der Waals surface area contributed by atoms with Crippen molar-refractivity contribution in [3.8, 4) is 5.75 Å². The van der Waals surface area contributed by atoms with Crippen LogP contribution < -0.4 is 10.1 Å². The maximum Gasteiger partial charge on any atom is 0.277 e. The van der Waals surface area contributed by atoms with Gasteiger partial charge in [-0.3, -0.25) is 4.79 Å². The number of para-hydroxylation sites is 2. The Hall–Kier alpha value is -3.23. The van der Waals surface area contributed by atoms with Crippen LogP contribution in [0.25, 0.3) is 0 Å². The van der Waals surface area contributed by atoms with E-state index < -0.39 is 6.29 Å². The molecular weight excluding hydrogens is 396 g/mol. The molecule has 0 saturated heterocycles. The molecule has 31 heavy (non-hydrogen) atoms. The molecule has 0 aliphatic carbocycles. The topological polar surface area (TPSA) is 87.5 Å². The Balaban J connectivity index is 1.58. The molecule has 0 bridgehead atoms. The summed E-state index contributed by atoms with van der Waals surface area (Å²) in [6.07, 6.45) is 1.91. The predicted molar refractivity (Wildman–Crippen MR) is 117 cm³/mol. The monoisotopic (exact) mass is 424 g/mol. The SMILES string of the molecule is CCOC(Cn1cc(C(=O)Nc2ccccc2OCCc2ccccc2)nn1)OCC. The Labute approximate surface area is 182 Å². The molecule has 0 fully saturated rings. The average Bonchev–Trinajstić information content (AvgIpc) is 3.25. The van der Waals surface area contributed by atoms with E-state index in [0.29, 0.717) is 37.8 Å². The van der Waals surface area contributed by atoms with Gasteiger partial charge in [-0.05, 0) is 31.5 Å². The van der Waals surface area contributed by atoms with Crippen LogP contribution in [0, 0.1) is 0 Å². The van der Waals surface area contributed by atoms with Crippen molar-refractivity contribution in [2.75, 3.05) is 25.1 Å². The summed E-state index contributed by atoms with van der Waals surface area (Å²) in [5, 5.41) is 10.8. The molecule has 0 radical (unpaired) electrons. The lowest BCUT2D eigenvalue weighted by molar-refractivity contribution is -0.145. The molecule has 164 valence electrons. The number of ether oxygens (including phenoxy) is 3. The van der Waals surface area contributed by atoms with E-state index in [4.69, 9.17) is 14.2 Å². The summed E-state index contributed by atoms with van der Waals surface area (Å²) >= 11 is 0. The van der Waals surface area contributed by atoms with Crippen LogP contribution in [0.5, 0.6) is 5.75 Å². The molecule has 8 nitrogen and oxygen atoms in total. The number of anilines is 1. The van der Waals surface area contributed by atoms with E-state index >= 15 is 0 Å². The predicted octanol–water partition coefficient (Wildman–Crippen LogP) is 3.55. The van der Waals surface area contributed by atoms with Crippen molar-refractivity contribution >= 4 is 11.6 Å². The standard InChI is InChI=1S/C23H28N4O4/c1-3-29-22(30-4-2)17-27-16-20(25-26-27)23(28)24-19-12-8-9-13-21(19)31-15-14-18-10-6-5-7-11-18/h5-13,16,22H,3-4,14-15,17H2,1-2H3,(H,24,28). The van der Waals surface area contributed by atoms with Crippen LogP contribution in [0.1, 0.15) is 29.9 Å². The molecule has 0 aliphatic heterocycles. The minimum Gasteiger partial charge on any atom is -0.491 e. The highest BCUT2D eigenvalue weighted by molar-refractivity contribution is 6.03. The van der Waals surface area contributed by atoms with Crippen molar-refractivity contribution in [2.24, 2.45) is 0 Å². The van der Waals surface area contributed by atoms with Crippen molar-refractivity contribution in [1.82, 2.24) is 15.0 Å². The number of hydrogen-bond donors (Lipinski definition) is 1. The normalized spacial score (nSPS) is 10.9. The lowest BCUT2D eigenvalue weighted by Crippen LogP contribution is -2.24. The summed E-state index contributed by atoms with van der Waals surface area (Å²) in [7, 11) is 0. The summed E-state index contributed by atoms with van der Waals surface area (Å²) in [6, 6.07) is 17.4. The van der Waals surface area contributed by atoms with Gasteiger partial charge < -0.3 is 19.5 Å². The number of benzene rings is 2. The molecule has 2 aromatic carbocycles. The molecule has 3 aromatic rings. The largest absolute Gasteiger partial charge is 0.491 e. The Morgan fingerprint density at radius 1 is 1.03 bits per heavy atom. The van der Waals surface area contributed by atoms with Gasteiger partial charge >= 0.3 is 0 Å². The van der Waals surface area contributed by atoms with Gasteiger partial charge in [0, 0.05) is 19.6 Å². The molecular formula is C23H28N4O4. The summed E-state index contributed by atoms with van der Waals surface area (Å²) in [6.45, 7) is 5.68. The zero-order valence-electron chi connectivity index (χ0n) is 17.9. The molecule has 0 saturated carbocycles. The Kier molecular flexibility index (Phi) is 8.57. The second-order valence-corrected chi connectivity index (χ2v) is 6.70. The molecule has 3 rings (SSSR count). The highest BCUT2D eigenvalue weighted by Crippen LogP contribution is 2.24. The lowest BCUT2D eigenvalue weighted by Gasteiger charge is -2.16. The van der Waals surface area contributed by atoms with Crippen LogP contribution in [0.15, 0.2) is 60.8 Å². The first-order chi connectivity index (χ1) is 15.2. The fourth-order valence-corrected chi connectivity index (χ4v) is 2.98. The third-order valence-corrected chi connectivity index (χ3v) is 4.44. The third kappa shape index (κ3) is 6.91. The van der Waals surface area contributed by atoms with E-state index in [1.54, 1.807) is 12.3 Å². The van der Waals surface area contributed by atoms with Gasteiger partial charge in [-0.2, -0.15) is 0 Å². The Morgan fingerprint density at radius 2 is 1.74 bits per heavy atom. The second-order valence-electron chi connectivity index (χ2n) is 6.70. The van der Waals surface area contributed by atoms with Gasteiger partial charge in [0.05, 0.1) is 25.0 Å². The van der Waals surface area contributed by atoms with Crippen LogP contribution in [0.2, 0.25) is 0 Å². The maximum atomic E-state index is 12.7. The van der Waals surface area contributed by atoms with Crippen LogP contribution in [-0.4, -0.2) is 47.0 Å². The Bertz CT molecular complexity index is 940. The van der Waals surface area contributed by atoms with Gasteiger partial charge in [-0.25, -0.2) is 4.68 Å².